The molecule has 3 N–H and O–H groups in total. The minimum Gasteiger partial charge on any atom is -0.238 e. The molecule has 2 rings (SSSR count). The smallest absolute Gasteiger partial charge is 0.238 e. The number of allylic oxidation sites excluding steroid dienone is 3. The summed E-state index contributed by atoms with van der Waals surface area (Å²) in [6.45, 7) is 0. The number of para-hydroxylation sites is 1. The zero-order chi connectivity index (χ0) is 12.6. The number of thiol groups is 1. The molecule has 0 bridgehead atoms. The standard InChI is InChI=1S/C14H17N3S/c18-14(16-13-9-5-2-6-10-13)17-15-11-12-7-3-1-4-8-12/h1-3,5-6,9-11,15H,4,7-8H2,(H2,16,17,18)/p+1. The highest BCUT2D eigenvalue weighted by Gasteiger charge is 2.01. The summed E-state index contributed by atoms with van der Waals surface area (Å²) in [7, 11) is 0. The lowest BCUT2D eigenvalue weighted by Gasteiger charge is -2.07. The Morgan fingerprint density at radius 1 is 1.22 bits per heavy atom. The minimum atomic E-state index is 0.671. The van der Waals surface area contributed by atoms with Crippen LogP contribution in [0.4, 0.5) is 5.69 Å². The van der Waals surface area contributed by atoms with Crippen molar-refractivity contribution < 1.29 is 4.99 Å². The molecule has 0 atom stereocenters. The van der Waals surface area contributed by atoms with Gasteiger partial charge in [-0.1, -0.05) is 43.0 Å². The maximum absolute atomic E-state index is 4.33. The summed E-state index contributed by atoms with van der Waals surface area (Å²) in [4.78, 5) is 3.14. The number of hydrogen-bond donors (Lipinski definition) is 4. The summed E-state index contributed by atoms with van der Waals surface area (Å²) >= 11 is 4.33. The van der Waals surface area contributed by atoms with Crippen LogP contribution in [0.1, 0.15) is 19.3 Å². The second kappa shape index (κ2) is 6.91. The SMILES string of the molecule is SC(NNC=C1CC=CCC1)=[NH+]c1ccccc1. The third kappa shape index (κ3) is 4.30. The lowest BCUT2D eigenvalue weighted by atomic mass is 10.0. The number of benzene rings is 1. The summed E-state index contributed by atoms with van der Waals surface area (Å²) in [5.41, 5.74) is 8.45. The molecule has 18 heavy (non-hydrogen) atoms. The van der Waals surface area contributed by atoms with E-state index in [-0.39, 0.29) is 0 Å². The fraction of sp³-hybridized carbons (Fsp3) is 0.214. The maximum Gasteiger partial charge on any atom is 0.329 e. The van der Waals surface area contributed by atoms with Gasteiger partial charge in [0, 0.05) is 6.20 Å². The van der Waals surface area contributed by atoms with E-state index in [1.54, 1.807) is 0 Å². The fourth-order valence-electron chi connectivity index (χ4n) is 1.75. The Labute approximate surface area is 113 Å². The molecule has 0 fully saturated rings. The van der Waals surface area contributed by atoms with Gasteiger partial charge in [0.05, 0.1) is 0 Å². The topological polar surface area (TPSA) is 38.0 Å². The lowest BCUT2D eigenvalue weighted by Crippen LogP contribution is -2.69. The van der Waals surface area contributed by atoms with Crippen molar-refractivity contribution >= 4 is 23.5 Å². The van der Waals surface area contributed by atoms with E-state index >= 15 is 0 Å². The molecule has 0 saturated heterocycles. The molecular formula is C14H18N3S+. The van der Waals surface area contributed by atoms with Crippen molar-refractivity contribution in [2.45, 2.75) is 19.3 Å². The molecule has 3 nitrogen and oxygen atoms in total. The Morgan fingerprint density at radius 2 is 2.06 bits per heavy atom. The van der Waals surface area contributed by atoms with E-state index in [4.69, 9.17) is 0 Å². The van der Waals surface area contributed by atoms with Crippen molar-refractivity contribution in [3.05, 3.63) is 54.3 Å². The molecule has 4 heteroatoms. The number of hydrazine groups is 1. The largest absolute Gasteiger partial charge is 0.329 e. The number of hydrogen-bond acceptors (Lipinski definition) is 1. The van der Waals surface area contributed by atoms with Gasteiger partial charge >= 0.3 is 5.17 Å². The highest BCUT2D eigenvalue weighted by Crippen LogP contribution is 2.15. The van der Waals surface area contributed by atoms with Gasteiger partial charge in [0.1, 0.15) is 5.69 Å². The first-order chi connectivity index (χ1) is 8.84. The summed E-state index contributed by atoms with van der Waals surface area (Å²) < 4.78 is 0. The second-order valence-corrected chi connectivity index (χ2v) is 4.57. The lowest BCUT2D eigenvalue weighted by molar-refractivity contribution is -0.352. The predicted molar refractivity (Wildman–Crippen MR) is 78.4 cm³/mol. The van der Waals surface area contributed by atoms with E-state index in [1.807, 2.05) is 36.5 Å². The van der Waals surface area contributed by atoms with Crippen LogP contribution in [0.25, 0.3) is 0 Å². The van der Waals surface area contributed by atoms with Crippen molar-refractivity contribution in [1.29, 1.82) is 0 Å². The molecule has 1 aromatic carbocycles. The van der Waals surface area contributed by atoms with Crippen molar-refractivity contribution in [2.24, 2.45) is 0 Å². The molecular weight excluding hydrogens is 242 g/mol. The van der Waals surface area contributed by atoms with Gasteiger partial charge in [0.25, 0.3) is 0 Å². The quantitative estimate of drug-likeness (QED) is 0.218. The maximum atomic E-state index is 4.33. The van der Waals surface area contributed by atoms with Gasteiger partial charge in [0.15, 0.2) is 0 Å². The third-order valence-corrected chi connectivity index (χ3v) is 2.91. The van der Waals surface area contributed by atoms with Crippen LogP contribution in [0.3, 0.4) is 0 Å². The Balaban J connectivity index is 1.83. The van der Waals surface area contributed by atoms with Gasteiger partial charge in [-0.05, 0) is 37.0 Å². The number of nitrogens with one attached hydrogen (secondary N) is 3. The van der Waals surface area contributed by atoms with E-state index in [2.05, 4.69) is 40.6 Å². The van der Waals surface area contributed by atoms with E-state index in [0.29, 0.717) is 5.17 Å². The van der Waals surface area contributed by atoms with E-state index in [9.17, 15) is 0 Å². The molecule has 0 spiro atoms. The first kappa shape index (κ1) is 12.8. The number of amidine groups is 1. The fourth-order valence-corrected chi connectivity index (χ4v) is 1.94. The Hall–Kier alpha value is -1.68. The van der Waals surface area contributed by atoms with Crippen molar-refractivity contribution in [3.63, 3.8) is 0 Å². The molecule has 0 amide bonds. The highest BCUT2D eigenvalue weighted by molar-refractivity contribution is 7.96. The van der Waals surface area contributed by atoms with E-state index in [0.717, 1.165) is 24.9 Å². The summed E-state index contributed by atoms with van der Waals surface area (Å²) in [5.74, 6) is 0. The van der Waals surface area contributed by atoms with Crippen LogP contribution in [0.5, 0.6) is 0 Å². The van der Waals surface area contributed by atoms with Crippen molar-refractivity contribution in [3.8, 4) is 0 Å². The average molecular weight is 260 g/mol. The second-order valence-electron chi connectivity index (χ2n) is 4.13. The monoisotopic (exact) mass is 260 g/mol. The van der Waals surface area contributed by atoms with Crippen LogP contribution in [0.15, 0.2) is 54.3 Å². The molecule has 1 aliphatic carbocycles. The number of rotatable bonds is 3. The molecule has 0 aliphatic heterocycles. The Bertz CT molecular complexity index is 463. The summed E-state index contributed by atoms with van der Waals surface area (Å²) in [6.07, 6.45) is 9.71. The van der Waals surface area contributed by atoms with Crippen LogP contribution < -0.4 is 15.8 Å². The van der Waals surface area contributed by atoms with Crippen molar-refractivity contribution in [1.82, 2.24) is 10.9 Å². The van der Waals surface area contributed by atoms with Gasteiger partial charge in [-0.25, -0.2) is 10.4 Å². The molecule has 0 saturated carbocycles. The first-order valence-corrected chi connectivity index (χ1v) is 6.52. The molecule has 0 unspecified atom stereocenters. The van der Waals surface area contributed by atoms with Crippen LogP contribution >= 0.6 is 12.6 Å². The molecule has 0 radical (unpaired) electrons. The third-order valence-electron chi connectivity index (χ3n) is 2.68. The molecule has 1 aliphatic rings. The van der Waals surface area contributed by atoms with Gasteiger partial charge < -0.3 is 0 Å². The Kier molecular flexibility index (Phi) is 4.90. The van der Waals surface area contributed by atoms with Crippen LogP contribution in [0.2, 0.25) is 0 Å². The summed E-state index contributed by atoms with van der Waals surface area (Å²) in [5, 5.41) is 0.671. The highest BCUT2D eigenvalue weighted by atomic mass is 32.1. The molecule has 0 aromatic heterocycles. The van der Waals surface area contributed by atoms with Gasteiger partial charge in [-0.2, -0.15) is 5.43 Å². The van der Waals surface area contributed by atoms with Crippen molar-refractivity contribution in [2.75, 3.05) is 0 Å². The zero-order valence-corrected chi connectivity index (χ0v) is 11.1. The average Bonchev–Trinajstić information content (AvgIpc) is 2.41. The zero-order valence-electron chi connectivity index (χ0n) is 10.2. The predicted octanol–water partition coefficient (Wildman–Crippen LogP) is 1.40. The Morgan fingerprint density at radius 3 is 2.78 bits per heavy atom. The van der Waals surface area contributed by atoms with Gasteiger partial charge in [0.2, 0.25) is 0 Å². The van der Waals surface area contributed by atoms with Crippen LogP contribution in [0, 0.1) is 0 Å². The first-order valence-electron chi connectivity index (χ1n) is 6.07. The minimum absolute atomic E-state index is 0.671. The molecule has 0 heterocycles. The molecule has 1 aromatic rings. The van der Waals surface area contributed by atoms with E-state index < -0.39 is 0 Å². The van der Waals surface area contributed by atoms with Crippen LogP contribution in [-0.4, -0.2) is 5.17 Å². The molecule has 94 valence electrons. The summed E-state index contributed by atoms with van der Waals surface area (Å²) in [6, 6.07) is 9.92. The van der Waals surface area contributed by atoms with Gasteiger partial charge in [-0.3, -0.25) is 0 Å². The van der Waals surface area contributed by atoms with Crippen LogP contribution in [-0.2, 0) is 0 Å². The normalized spacial score (nSPS) is 17.8. The van der Waals surface area contributed by atoms with E-state index in [1.165, 1.54) is 5.57 Å². The van der Waals surface area contributed by atoms with Gasteiger partial charge in [-0.15, -0.1) is 0 Å².